The molecule has 0 saturated heterocycles. The summed E-state index contributed by atoms with van der Waals surface area (Å²) in [7, 11) is 2.04. The number of ether oxygens (including phenoxy) is 1. The molecule has 20 heavy (non-hydrogen) atoms. The summed E-state index contributed by atoms with van der Waals surface area (Å²) in [4.78, 5) is 0. The zero-order valence-electron chi connectivity index (χ0n) is 13.1. The van der Waals surface area contributed by atoms with E-state index in [-0.39, 0.29) is 16.6 Å². The average molecular weight is 325 g/mol. The molecule has 120 valence electrons. The highest BCUT2D eigenvalue weighted by molar-refractivity contribution is 8.13. The van der Waals surface area contributed by atoms with Gasteiger partial charge in [0.25, 0.3) is 0 Å². The molecule has 0 heterocycles. The minimum absolute atomic E-state index is 0.0527. The smallest absolute Gasteiger partial charge is 0.233 e. The number of rotatable bonds is 6. The Bertz CT molecular complexity index is 376. The third-order valence-electron chi connectivity index (χ3n) is 4.05. The van der Waals surface area contributed by atoms with E-state index in [1.165, 1.54) is 12.8 Å². The zero-order valence-corrected chi connectivity index (χ0v) is 14.7. The van der Waals surface area contributed by atoms with Crippen molar-refractivity contribution in [2.45, 2.75) is 65.7 Å². The van der Waals surface area contributed by atoms with E-state index in [0.29, 0.717) is 13.2 Å². The van der Waals surface area contributed by atoms with Crippen molar-refractivity contribution in [3.8, 4) is 0 Å². The summed E-state index contributed by atoms with van der Waals surface area (Å²) < 4.78 is 28.9. The molecule has 0 unspecified atom stereocenters. The first-order chi connectivity index (χ1) is 9.12. The Balaban J connectivity index is 2.58. The number of hydrogen-bond donors (Lipinski definition) is 0. The maximum atomic E-state index is 11.5. The van der Waals surface area contributed by atoms with E-state index in [4.69, 9.17) is 15.4 Å². The summed E-state index contributed by atoms with van der Waals surface area (Å²) in [5.74, 6) is 0.0527. The number of halogens is 1. The third-order valence-corrected chi connectivity index (χ3v) is 5.33. The second-order valence-electron chi connectivity index (χ2n) is 7.46. The van der Waals surface area contributed by atoms with Gasteiger partial charge in [0.1, 0.15) is 0 Å². The summed E-state index contributed by atoms with van der Waals surface area (Å²) >= 11 is 0. The van der Waals surface area contributed by atoms with Crippen LogP contribution >= 0.6 is 10.7 Å². The molecule has 5 heteroatoms. The molecule has 1 rings (SSSR count). The lowest BCUT2D eigenvalue weighted by Crippen LogP contribution is -2.33. The largest absolute Gasteiger partial charge is 0.381 e. The highest BCUT2D eigenvalue weighted by Crippen LogP contribution is 2.37. The summed E-state index contributed by atoms with van der Waals surface area (Å²) in [6.45, 7) is 7.76. The van der Waals surface area contributed by atoms with Crippen LogP contribution in [0.15, 0.2) is 0 Å². The Morgan fingerprint density at radius 3 is 2.10 bits per heavy atom. The van der Waals surface area contributed by atoms with Crippen LogP contribution in [0, 0.1) is 10.8 Å². The maximum absolute atomic E-state index is 11.5. The van der Waals surface area contributed by atoms with Crippen LogP contribution in [0.25, 0.3) is 0 Å². The molecule has 0 aromatic rings. The predicted octanol–water partition coefficient (Wildman–Crippen LogP) is 4.35. The van der Waals surface area contributed by atoms with Crippen LogP contribution in [0.2, 0.25) is 0 Å². The van der Waals surface area contributed by atoms with Gasteiger partial charge in [-0.15, -0.1) is 0 Å². The Hall–Kier alpha value is 0.200. The van der Waals surface area contributed by atoms with Crippen molar-refractivity contribution in [1.82, 2.24) is 0 Å². The molecule has 0 aromatic heterocycles. The average Bonchev–Trinajstić information content (AvgIpc) is 2.47. The first kappa shape index (κ1) is 18.2. The lowest BCUT2D eigenvalue weighted by Gasteiger charge is -2.31. The van der Waals surface area contributed by atoms with Crippen molar-refractivity contribution in [3.05, 3.63) is 0 Å². The van der Waals surface area contributed by atoms with Crippen LogP contribution in [0.1, 0.15) is 65.7 Å². The third kappa shape index (κ3) is 7.84. The Morgan fingerprint density at radius 1 is 1.10 bits per heavy atom. The molecule has 0 aromatic carbocycles. The summed E-state index contributed by atoms with van der Waals surface area (Å²) in [5.41, 5.74) is -0.0237. The second kappa shape index (κ2) is 7.46. The van der Waals surface area contributed by atoms with Gasteiger partial charge < -0.3 is 4.74 Å². The highest BCUT2D eigenvalue weighted by atomic mass is 35.7. The van der Waals surface area contributed by atoms with Gasteiger partial charge in [-0.1, -0.05) is 46.5 Å². The molecule has 0 N–H and O–H groups in total. The second-order valence-corrected chi connectivity index (χ2v) is 10.2. The fraction of sp³-hybridized carbons (Fsp3) is 1.00. The fourth-order valence-electron chi connectivity index (χ4n) is 2.84. The molecule has 1 aliphatic rings. The van der Waals surface area contributed by atoms with Crippen LogP contribution in [-0.2, 0) is 13.8 Å². The monoisotopic (exact) mass is 324 g/mol. The fourth-order valence-corrected chi connectivity index (χ4v) is 4.64. The van der Waals surface area contributed by atoms with Gasteiger partial charge in [-0.05, 0) is 24.7 Å². The summed E-state index contributed by atoms with van der Waals surface area (Å²) in [5, 5.41) is 0. The zero-order chi connectivity index (χ0) is 15.3. The van der Waals surface area contributed by atoms with Crippen molar-refractivity contribution < 1.29 is 13.2 Å². The molecule has 0 amide bonds. The Morgan fingerprint density at radius 2 is 1.65 bits per heavy atom. The van der Waals surface area contributed by atoms with Crippen LogP contribution in [0.3, 0.4) is 0 Å². The van der Waals surface area contributed by atoms with Gasteiger partial charge in [0.2, 0.25) is 9.05 Å². The van der Waals surface area contributed by atoms with Gasteiger partial charge in [-0.25, -0.2) is 8.42 Å². The minimum Gasteiger partial charge on any atom is -0.381 e. The molecule has 0 bridgehead atoms. The molecule has 3 nitrogen and oxygen atoms in total. The maximum Gasteiger partial charge on any atom is 0.233 e. The van der Waals surface area contributed by atoms with Crippen molar-refractivity contribution in [1.29, 1.82) is 0 Å². The summed E-state index contributed by atoms with van der Waals surface area (Å²) in [6.07, 6.45) is 7.34. The van der Waals surface area contributed by atoms with Crippen molar-refractivity contribution >= 4 is 19.7 Å². The molecule has 1 fully saturated rings. The normalized spacial score (nSPS) is 20.6. The molecule has 0 radical (unpaired) electrons. The topological polar surface area (TPSA) is 43.4 Å². The van der Waals surface area contributed by atoms with Crippen molar-refractivity contribution in [3.63, 3.8) is 0 Å². The van der Waals surface area contributed by atoms with E-state index in [1.54, 1.807) is 0 Å². The van der Waals surface area contributed by atoms with Gasteiger partial charge in [0.05, 0.1) is 12.4 Å². The van der Waals surface area contributed by atoms with Crippen LogP contribution < -0.4 is 0 Å². The van der Waals surface area contributed by atoms with E-state index in [1.807, 2.05) is 0 Å². The van der Waals surface area contributed by atoms with Crippen LogP contribution in [0.4, 0.5) is 0 Å². The Labute approximate surface area is 128 Å². The van der Waals surface area contributed by atoms with Crippen molar-refractivity contribution in [2.75, 3.05) is 19.0 Å². The first-order valence-electron chi connectivity index (χ1n) is 7.62. The van der Waals surface area contributed by atoms with Gasteiger partial charge in [-0.3, -0.25) is 0 Å². The van der Waals surface area contributed by atoms with Gasteiger partial charge in [-0.2, -0.15) is 0 Å². The molecular weight excluding hydrogens is 296 g/mol. The lowest BCUT2D eigenvalue weighted by molar-refractivity contribution is 0.0339. The number of hydrogen-bond acceptors (Lipinski definition) is 3. The van der Waals surface area contributed by atoms with Gasteiger partial charge >= 0.3 is 0 Å². The van der Waals surface area contributed by atoms with E-state index < -0.39 is 9.05 Å². The lowest BCUT2D eigenvalue weighted by atomic mass is 9.83. The summed E-state index contributed by atoms with van der Waals surface area (Å²) in [6, 6.07) is 0. The SMILES string of the molecule is CC(C)(C)CCOCC1(CS(=O)(=O)Cl)CCCCCC1. The molecule has 1 aliphatic carbocycles. The van der Waals surface area contributed by atoms with Crippen LogP contribution in [0.5, 0.6) is 0 Å². The minimum atomic E-state index is -3.47. The molecule has 1 saturated carbocycles. The van der Waals surface area contributed by atoms with E-state index >= 15 is 0 Å². The predicted molar refractivity (Wildman–Crippen MR) is 84.7 cm³/mol. The van der Waals surface area contributed by atoms with Gasteiger partial charge in [0, 0.05) is 22.7 Å². The van der Waals surface area contributed by atoms with E-state index in [2.05, 4.69) is 20.8 Å². The van der Waals surface area contributed by atoms with Gasteiger partial charge in [0.15, 0.2) is 0 Å². The first-order valence-corrected chi connectivity index (χ1v) is 10.1. The van der Waals surface area contributed by atoms with E-state index in [9.17, 15) is 8.42 Å². The van der Waals surface area contributed by atoms with Crippen molar-refractivity contribution in [2.24, 2.45) is 10.8 Å². The van der Waals surface area contributed by atoms with E-state index in [0.717, 1.165) is 32.1 Å². The standard InChI is InChI=1S/C15H29ClO3S/c1-14(2,3)10-11-19-12-15(13-20(16,17)18)8-6-4-5-7-9-15/h4-13H2,1-3H3. The molecule has 0 atom stereocenters. The molecule has 0 spiro atoms. The quantitative estimate of drug-likeness (QED) is 0.414. The molecule has 0 aliphatic heterocycles. The van der Waals surface area contributed by atoms with Crippen LogP contribution in [-0.4, -0.2) is 27.4 Å². The molecular formula is C15H29ClO3S. The Kier molecular flexibility index (Phi) is 6.81. The highest BCUT2D eigenvalue weighted by Gasteiger charge is 2.35.